The number of benzene rings is 1. The van der Waals surface area contributed by atoms with E-state index in [-0.39, 0.29) is 18.5 Å². The molecule has 2 rings (SSSR count). The van der Waals surface area contributed by atoms with Crippen molar-refractivity contribution >= 4 is 11.9 Å². The van der Waals surface area contributed by atoms with E-state index in [1.54, 1.807) is 19.0 Å². The summed E-state index contributed by atoms with van der Waals surface area (Å²) in [5.74, 6) is 1.47. The Morgan fingerprint density at radius 1 is 1.28 bits per heavy atom. The highest BCUT2D eigenvalue weighted by molar-refractivity contribution is 5.85. The maximum Gasteiger partial charge on any atom is 0.243 e. The van der Waals surface area contributed by atoms with Crippen molar-refractivity contribution < 1.29 is 4.79 Å². The molecule has 25 heavy (non-hydrogen) atoms. The number of carbonyl (C=O) groups excluding carboxylic acids is 1. The highest BCUT2D eigenvalue weighted by atomic mass is 16.2. The van der Waals surface area contributed by atoms with Gasteiger partial charge in [-0.25, -0.2) is 4.99 Å². The van der Waals surface area contributed by atoms with Crippen LogP contribution in [0.25, 0.3) is 0 Å². The zero-order valence-electron chi connectivity index (χ0n) is 16.0. The number of likely N-dealkylation sites (N-methyl/N-ethyl adjacent to an activating group) is 1. The zero-order chi connectivity index (χ0) is 18.2. The van der Waals surface area contributed by atoms with Gasteiger partial charge >= 0.3 is 0 Å². The van der Waals surface area contributed by atoms with Gasteiger partial charge in [-0.1, -0.05) is 50.1 Å². The molecule has 0 heterocycles. The Labute approximate surface area is 151 Å². The fraction of sp³-hybridized carbons (Fsp3) is 0.600. The standard InChI is InChI=1S/C20H32N4O/c1-15-9-8-12-18(13-15)23-20(21-14-19(25)24(3)4)22-16(2)17-10-6-5-7-11-17/h5-7,10-11,15-16,18H,8-9,12-14H2,1-4H3,(H2,21,22,23). The van der Waals surface area contributed by atoms with Gasteiger partial charge < -0.3 is 15.5 Å². The molecule has 5 nitrogen and oxygen atoms in total. The average molecular weight is 345 g/mol. The summed E-state index contributed by atoms with van der Waals surface area (Å²) in [7, 11) is 3.52. The molecule has 0 aromatic heterocycles. The Morgan fingerprint density at radius 3 is 2.64 bits per heavy atom. The van der Waals surface area contributed by atoms with Gasteiger partial charge in [-0.3, -0.25) is 4.79 Å². The number of amides is 1. The number of nitrogens with zero attached hydrogens (tertiary/aromatic N) is 2. The first-order chi connectivity index (χ1) is 12.0. The summed E-state index contributed by atoms with van der Waals surface area (Å²) < 4.78 is 0. The van der Waals surface area contributed by atoms with Crippen molar-refractivity contribution in [3.05, 3.63) is 35.9 Å². The second-order valence-electron chi connectivity index (χ2n) is 7.34. The van der Waals surface area contributed by atoms with Crippen molar-refractivity contribution in [1.82, 2.24) is 15.5 Å². The van der Waals surface area contributed by atoms with E-state index < -0.39 is 0 Å². The lowest BCUT2D eigenvalue weighted by molar-refractivity contribution is -0.127. The summed E-state index contributed by atoms with van der Waals surface area (Å²) in [6.45, 7) is 4.58. The summed E-state index contributed by atoms with van der Waals surface area (Å²) >= 11 is 0. The topological polar surface area (TPSA) is 56.7 Å². The largest absolute Gasteiger partial charge is 0.354 e. The Bertz CT molecular complexity index is 570. The second-order valence-corrected chi connectivity index (χ2v) is 7.34. The van der Waals surface area contributed by atoms with Gasteiger partial charge in [-0.2, -0.15) is 0 Å². The van der Waals surface area contributed by atoms with Crippen LogP contribution in [-0.2, 0) is 4.79 Å². The predicted molar refractivity (Wildman–Crippen MR) is 104 cm³/mol. The van der Waals surface area contributed by atoms with Crippen molar-refractivity contribution in [2.75, 3.05) is 20.6 Å². The molecule has 1 amide bonds. The van der Waals surface area contributed by atoms with Crippen LogP contribution in [0.1, 0.15) is 51.1 Å². The molecule has 0 saturated heterocycles. The lowest BCUT2D eigenvalue weighted by Crippen LogP contribution is -2.46. The van der Waals surface area contributed by atoms with Gasteiger partial charge in [-0.15, -0.1) is 0 Å². The second kappa shape index (κ2) is 9.44. The molecule has 3 atom stereocenters. The molecule has 5 heteroatoms. The van der Waals surface area contributed by atoms with Gasteiger partial charge in [0, 0.05) is 20.1 Å². The number of hydrogen-bond donors (Lipinski definition) is 2. The normalized spacial score (nSPS) is 22.2. The van der Waals surface area contributed by atoms with Crippen molar-refractivity contribution in [2.24, 2.45) is 10.9 Å². The average Bonchev–Trinajstić information content (AvgIpc) is 2.60. The van der Waals surface area contributed by atoms with Crippen molar-refractivity contribution in [1.29, 1.82) is 0 Å². The van der Waals surface area contributed by atoms with Crippen LogP contribution in [0.2, 0.25) is 0 Å². The van der Waals surface area contributed by atoms with Crippen LogP contribution in [-0.4, -0.2) is 43.4 Å². The van der Waals surface area contributed by atoms with Gasteiger partial charge in [-0.05, 0) is 31.2 Å². The Kier molecular flexibility index (Phi) is 7.29. The number of guanidine groups is 1. The van der Waals surface area contributed by atoms with E-state index in [1.165, 1.54) is 18.4 Å². The van der Waals surface area contributed by atoms with E-state index in [2.05, 4.69) is 41.6 Å². The molecule has 3 unspecified atom stereocenters. The van der Waals surface area contributed by atoms with Crippen LogP contribution in [0.15, 0.2) is 35.3 Å². The SMILES string of the molecule is CC1CCCC(NC(=NCC(=O)N(C)C)NC(C)c2ccccc2)C1. The molecule has 1 saturated carbocycles. The molecule has 1 aromatic carbocycles. The molecule has 1 fully saturated rings. The minimum absolute atomic E-state index is 0.00507. The Morgan fingerprint density at radius 2 is 2.00 bits per heavy atom. The van der Waals surface area contributed by atoms with Gasteiger partial charge in [0.25, 0.3) is 0 Å². The smallest absolute Gasteiger partial charge is 0.243 e. The first-order valence-corrected chi connectivity index (χ1v) is 9.28. The molecule has 1 aromatic rings. The van der Waals surface area contributed by atoms with Gasteiger partial charge in [0.15, 0.2) is 5.96 Å². The molecule has 1 aliphatic carbocycles. The molecular weight excluding hydrogens is 312 g/mol. The fourth-order valence-corrected chi connectivity index (χ4v) is 3.21. The summed E-state index contributed by atoms with van der Waals surface area (Å²) in [5.41, 5.74) is 1.20. The third kappa shape index (κ3) is 6.40. The van der Waals surface area contributed by atoms with Crippen LogP contribution in [0.3, 0.4) is 0 Å². The Balaban J connectivity index is 2.05. The molecule has 0 radical (unpaired) electrons. The van der Waals surface area contributed by atoms with E-state index in [0.717, 1.165) is 24.7 Å². The van der Waals surface area contributed by atoms with Crippen LogP contribution >= 0.6 is 0 Å². The van der Waals surface area contributed by atoms with Crippen molar-refractivity contribution in [3.8, 4) is 0 Å². The number of nitrogens with one attached hydrogen (secondary N) is 2. The number of carbonyl (C=O) groups is 1. The van der Waals surface area contributed by atoms with E-state index in [1.807, 2.05) is 18.2 Å². The van der Waals surface area contributed by atoms with E-state index >= 15 is 0 Å². The first-order valence-electron chi connectivity index (χ1n) is 9.28. The maximum absolute atomic E-state index is 11.9. The maximum atomic E-state index is 11.9. The minimum Gasteiger partial charge on any atom is -0.354 e. The van der Waals surface area contributed by atoms with Gasteiger partial charge in [0.05, 0.1) is 6.04 Å². The van der Waals surface area contributed by atoms with Gasteiger partial charge in [0.1, 0.15) is 6.54 Å². The molecule has 0 bridgehead atoms. The summed E-state index contributed by atoms with van der Waals surface area (Å²) in [6, 6.07) is 10.8. The monoisotopic (exact) mass is 344 g/mol. The molecule has 0 aliphatic heterocycles. The molecule has 0 spiro atoms. The van der Waals surface area contributed by atoms with Gasteiger partial charge in [0.2, 0.25) is 5.91 Å². The van der Waals surface area contributed by atoms with Crippen molar-refractivity contribution in [3.63, 3.8) is 0 Å². The van der Waals surface area contributed by atoms with Crippen LogP contribution in [0, 0.1) is 5.92 Å². The number of rotatable bonds is 5. The van der Waals surface area contributed by atoms with E-state index in [9.17, 15) is 4.79 Å². The minimum atomic E-state index is 0.00507. The lowest BCUT2D eigenvalue weighted by Gasteiger charge is -2.30. The van der Waals surface area contributed by atoms with E-state index in [0.29, 0.717) is 6.04 Å². The fourth-order valence-electron chi connectivity index (χ4n) is 3.21. The van der Waals surface area contributed by atoms with Crippen LogP contribution in [0.4, 0.5) is 0 Å². The third-order valence-electron chi connectivity index (χ3n) is 4.80. The highest BCUT2D eigenvalue weighted by Gasteiger charge is 2.20. The molecule has 2 N–H and O–H groups in total. The van der Waals surface area contributed by atoms with E-state index in [4.69, 9.17) is 0 Å². The van der Waals surface area contributed by atoms with Crippen molar-refractivity contribution in [2.45, 2.75) is 51.6 Å². The quantitative estimate of drug-likeness (QED) is 0.638. The Hall–Kier alpha value is -2.04. The molecule has 138 valence electrons. The zero-order valence-corrected chi connectivity index (χ0v) is 16.0. The number of hydrogen-bond acceptors (Lipinski definition) is 2. The predicted octanol–water partition coefficient (Wildman–Crippen LogP) is 2.95. The van der Waals surface area contributed by atoms with Crippen LogP contribution < -0.4 is 10.6 Å². The molecule has 1 aliphatic rings. The highest BCUT2D eigenvalue weighted by Crippen LogP contribution is 2.23. The summed E-state index contributed by atoms with van der Waals surface area (Å²) in [4.78, 5) is 18.0. The first kappa shape index (κ1) is 19.3. The van der Waals surface area contributed by atoms with Crippen LogP contribution in [0.5, 0.6) is 0 Å². The summed E-state index contributed by atoms with van der Waals surface area (Å²) in [5, 5.41) is 7.01. The number of aliphatic imine (C=N–C) groups is 1. The lowest BCUT2D eigenvalue weighted by atomic mass is 9.87. The summed E-state index contributed by atoms with van der Waals surface area (Å²) in [6.07, 6.45) is 4.86. The molecular formula is C20H32N4O. The third-order valence-corrected chi connectivity index (χ3v) is 4.80.